The first kappa shape index (κ1) is 17.3. The molecule has 1 amide bonds. The molecule has 0 spiro atoms. The molecule has 0 aromatic heterocycles. The van der Waals surface area contributed by atoms with Crippen molar-refractivity contribution < 1.29 is 9.18 Å². The topological polar surface area (TPSA) is 32.3 Å². The Balaban J connectivity index is 1.93. The third-order valence-electron chi connectivity index (χ3n) is 3.90. The van der Waals surface area contributed by atoms with Crippen molar-refractivity contribution in [3.63, 3.8) is 0 Å². The third kappa shape index (κ3) is 4.99. The number of thioether (sulfide) groups is 1. The highest BCUT2D eigenvalue weighted by Crippen LogP contribution is 2.24. The lowest BCUT2D eigenvalue weighted by molar-refractivity contribution is -0.134. The minimum absolute atomic E-state index is 0.0578. The van der Waals surface area contributed by atoms with Gasteiger partial charge in [0.2, 0.25) is 5.91 Å². The lowest BCUT2D eigenvalue weighted by Gasteiger charge is -2.36. The van der Waals surface area contributed by atoms with E-state index in [0.717, 1.165) is 23.6 Å². The molecule has 1 unspecified atom stereocenters. The molecule has 1 aromatic carbocycles. The molecule has 1 aliphatic heterocycles. The SMILES string of the molecule is CCCCSCCC(=O)N1CCNCC1c1cccc(F)c1. The number of rotatable bonds is 7. The van der Waals surface area contributed by atoms with Gasteiger partial charge in [-0.2, -0.15) is 11.8 Å². The van der Waals surface area contributed by atoms with Crippen LogP contribution < -0.4 is 5.32 Å². The average Bonchev–Trinajstić information content (AvgIpc) is 2.54. The van der Waals surface area contributed by atoms with E-state index >= 15 is 0 Å². The Morgan fingerprint density at radius 1 is 1.45 bits per heavy atom. The summed E-state index contributed by atoms with van der Waals surface area (Å²) in [7, 11) is 0. The van der Waals surface area contributed by atoms with Crippen molar-refractivity contribution in [3.8, 4) is 0 Å². The van der Waals surface area contributed by atoms with Gasteiger partial charge in [-0.15, -0.1) is 0 Å². The normalized spacial score (nSPS) is 18.5. The maximum absolute atomic E-state index is 13.4. The van der Waals surface area contributed by atoms with Crippen molar-refractivity contribution in [2.24, 2.45) is 0 Å². The van der Waals surface area contributed by atoms with Crippen LogP contribution in [0.15, 0.2) is 24.3 Å². The van der Waals surface area contributed by atoms with E-state index in [0.29, 0.717) is 19.5 Å². The van der Waals surface area contributed by atoms with Crippen LogP contribution in [0.1, 0.15) is 37.8 Å². The highest BCUT2D eigenvalue weighted by molar-refractivity contribution is 7.99. The molecule has 1 aromatic rings. The fraction of sp³-hybridized carbons (Fsp3) is 0.588. The molecule has 5 heteroatoms. The molecule has 1 atom stereocenters. The standard InChI is InChI=1S/C17H25FN2OS/c1-2-3-10-22-11-7-17(21)20-9-8-19-13-16(20)14-5-4-6-15(18)12-14/h4-6,12,16,19H,2-3,7-11,13H2,1H3. The monoisotopic (exact) mass is 324 g/mol. The van der Waals surface area contributed by atoms with Crippen LogP contribution in [0, 0.1) is 5.82 Å². The molecular weight excluding hydrogens is 299 g/mol. The quantitative estimate of drug-likeness (QED) is 0.782. The van der Waals surface area contributed by atoms with Crippen molar-refractivity contribution in [3.05, 3.63) is 35.6 Å². The van der Waals surface area contributed by atoms with Gasteiger partial charge in [-0.3, -0.25) is 4.79 Å². The van der Waals surface area contributed by atoms with Crippen LogP contribution in [-0.4, -0.2) is 41.9 Å². The molecule has 22 heavy (non-hydrogen) atoms. The lowest BCUT2D eigenvalue weighted by Crippen LogP contribution is -2.48. The zero-order chi connectivity index (χ0) is 15.8. The molecule has 3 nitrogen and oxygen atoms in total. The largest absolute Gasteiger partial charge is 0.333 e. The summed E-state index contributed by atoms with van der Waals surface area (Å²) < 4.78 is 13.4. The third-order valence-corrected chi connectivity index (χ3v) is 4.97. The van der Waals surface area contributed by atoms with Crippen molar-refractivity contribution in [2.45, 2.75) is 32.2 Å². The van der Waals surface area contributed by atoms with Crippen LogP contribution in [0.3, 0.4) is 0 Å². The number of amides is 1. The van der Waals surface area contributed by atoms with Gasteiger partial charge in [0.25, 0.3) is 0 Å². The van der Waals surface area contributed by atoms with Gasteiger partial charge in [0.15, 0.2) is 0 Å². The second kappa shape index (κ2) is 9.16. The fourth-order valence-corrected chi connectivity index (χ4v) is 3.68. The summed E-state index contributed by atoms with van der Waals surface area (Å²) in [5.74, 6) is 1.93. The lowest BCUT2D eigenvalue weighted by atomic mass is 10.0. The van der Waals surface area contributed by atoms with E-state index in [1.165, 1.54) is 25.0 Å². The molecule has 1 heterocycles. The number of hydrogen-bond donors (Lipinski definition) is 1. The summed E-state index contributed by atoms with van der Waals surface area (Å²) in [6, 6.07) is 6.53. The number of hydrogen-bond acceptors (Lipinski definition) is 3. The summed E-state index contributed by atoms with van der Waals surface area (Å²) in [6.07, 6.45) is 2.97. The van der Waals surface area contributed by atoms with Gasteiger partial charge in [-0.1, -0.05) is 25.5 Å². The van der Waals surface area contributed by atoms with E-state index in [2.05, 4.69) is 12.2 Å². The number of nitrogens with zero attached hydrogens (tertiary/aromatic N) is 1. The number of nitrogens with one attached hydrogen (secondary N) is 1. The van der Waals surface area contributed by atoms with Crippen molar-refractivity contribution in [1.29, 1.82) is 0 Å². The highest BCUT2D eigenvalue weighted by Gasteiger charge is 2.27. The van der Waals surface area contributed by atoms with Gasteiger partial charge in [-0.05, 0) is 29.9 Å². The molecule has 0 saturated carbocycles. The molecule has 1 saturated heterocycles. The Bertz CT molecular complexity index is 483. The fourth-order valence-electron chi connectivity index (χ4n) is 2.67. The molecule has 0 aliphatic carbocycles. The van der Waals surface area contributed by atoms with Crippen molar-refractivity contribution in [1.82, 2.24) is 10.2 Å². The van der Waals surface area contributed by atoms with Crippen LogP contribution in [0.25, 0.3) is 0 Å². The molecule has 1 N–H and O–H groups in total. The molecule has 0 radical (unpaired) electrons. The first-order valence-corrected chi connectivity index (χ1v) is 9.21. The maximum atomic E-state index is 13.4. The predicted molar refractivity (Wildman–Crippen MR) is 90.6 cm³/mol. The van der Waals surface area contributed by atoms with Gasteiger partial charge in [0.1, 0.15) is 5.82 Å². The van der Waals surface area contributed by atoms with Crippen LogP contribution in [0.5, 0.6) is 0 Å². The second-order valence-corrected chi connectivity index (χ2v) is 6.80. The van der Waals surface area contributed by atoms with Crippen LogP contribution in [0.2, 0.25) is 0 Å². The number of benzene rings is 1. The van der Waals surface area contributed by atoms with Crippen LogP contribution >= 0.6 is 11.8 Å². The van der Waals surface area contributed by atoms with Gasteiger partial charge >= 0.3 is 0 Å². The van der Waals surface area contributed by atoms with E-state index in [9.17, 15) is 9.18 Å². The molecule has 1 fully saturated rings. The number of unbranched alkanes of at least 4 members (excludes halogenated alkanes) is 1. The van der Waals surface area contributed by atoms with E-state index < -0.39 is 0 Å². The van der Waals surface area contributed by atoms with Gasteiger partial charge < -0.3 is 10.2 Å². The second-order valence-electron chi connectivity index (χ2n) is 5.58. The van der Waals surface area contributed by atoms with E-state index in [1.807, 2.05) is 22.7 Å². The number of piperazine rings is 1. The molecular formula is C17H25FN2OS. The van der Waals surface area contributed by atoms with Gasteiger partial charge in [-0.25, -0.2) is 4.39 Å². The Kier molecular flexibility index (Phi) is 7.19. The van der Waals surface area contributed by atoms with Crippen molar-refractivity contribution >= 4 is 17.7 Å². The first-order valence-electron chi connectivity index (χ1n) is 8.05. The minimum atomic E-state index is -0.245. The molecule has 2 rings (SSSR count). The van der Waals surface area contributed by atoms with E-state index in [4.69, 9.17) is 0 Å². The highest BCUT2D eigenvalue weighted by atomic mass is 32.2. The van der Waals surface area contributed by atoms with Crippen LogP contribution in [0.4, 0.5) is 4.39 Å². The minimum Gasteiger partial charge on any atom is -0.333 e. The zero-order valence-electron chi connectivity index (χ0n) is 13.2. The summed E-state index contributed by atoms with van der Waals surface area (Å²) >= 11 is 1.85. The van der Waals surface area contributed by atoms with Gasteiger partial charge in [0, 0.05) is 31.8 Å². The molecule has 0 bridgehead atoms. The van der Waals surface area contributed by atoms with Crippen molar-refractivity contribution in [2.75, 3.05) is 31.1 Å². The molecule has 122 valence electrons. The zero-order valence-corrected chi connectivity index (χ0v) is 14.0. The number of halogens is 1. The number of carbonyl (C=O) groups is 1. The first-order chi connectivity index (χ1) is 10.7. The summed E-state index contributed by atoms with van der Waals surface area (Å²) in [5.41, 5.74) is 0.874. The van der Waals surface area contributed by atoms with Crippen LogP contribution in [-0.2, 0) is 4.79 Å². The Morgan fingerprint density at radius 2 is 2.32 bits per heavy atom. The molecule has 1 aliphatic rings. The van der Waals surface area contributed by atoms with E-state index in [1.54, 1.807) is 6.07 Å². The van der Waals surface area contributed by atoms with E-state index in [-0.39, 0.29) is 17.8 Å². The Labute approximate surface area is 136 Å². The Hall–Kier alpha value is -1.07. The maximum Gasteiger partial charge on any atom is 0.224 e. The van der Waals surface area contributed by atoms with Gasteiger partial charge in [0.05, 0.1) is 6.04 Å². The smallest absolute Gasteiger partial charge is 0.224 e. The number of carbonyl (C=O) groups excluding carboxylic acids is 1. The predicted octanol–water partition coefficient (Wildman–Crippen LogP) is 3.22. The summed E-state index contributed by atoms with van der Waals surface area (Å²) in [4.78, 5) is 14.4. The Morgan fingerprint density at radius 3 is 3.09 bits per heavy atom. The summed E-state index contributed by atoms with van der Waals surface area (Å²) in [6.45, 7) is 4.37. The average molecular weight is 324 g/mol. The summed E-state index contributed by atoms with van der Waals surface area (Å²) in [5, 5.41) is 3.30.